The fourth-order valence-corrected chi connectivity index (χ4v) is 2.77. The van der Waals surface area contributed by atoms with Gasteiger partial charge in [0.05, 0.1) is 19.2 Å². The summed E-state index contributed by atoms with van der Waals surface area (Å²) in [5, 5.41) is 1.30. The highest BCUT2D eigenvalue weighted by molar-refractivity contribution is 5.83. The molecule has 2 aromatic carbocycles. The van der Waals surface area contributed by atoms with E-state index in [1.165, 1.54) is 22.0 Å². The van der Waals surface area contributed by atoms with Crippen molar-refractivity contribution in [1.29, 1.82) is 0 Å². The zero-order valence-corrected chi connectivity index (χ0v) is 12.0. The number of para-hydroxylation sites is 2. The number of methoxy groups -OCH3 is 1. The van der Waals surface area contributed by atoms with Crippen molar-refractivity contribution in [2.24, 2.45) is 0 Å². The molecule has 1 heterocycles. The molecule has 20 heavy (non-hydrogen) atoms. The molecule has 0 aliphatic rings. The molecule has 0 spiro atoms. The molecule has 0 bridgehead atoms. The number of aromatic nitrogens is 1. The van der Waals surface area contributed by atoms with Gasteiger partial charge < -0.3 is 9.30 Å². The molecular formula is C18H19NO. The van der Waals surface area contributed by atoms with Gasteiger partial charge in [-0.2, -0.15) is 0 Å². The zero-order valence-electron chi connectivity index (χ0n) is 12.0. The van der Waals surface area contributed by atoms with E-state index in [0.717, 1.165) is 18.7 Å². The van der Waals surface area contributed by atoms with Crippen molar-refractivity contribution < 1.29 is 4.74 Å². The van der Waals surface area contributed by atoms with Gasteiger partial charge in [0.1, 0.15) is 5.75 Å². The van der Waals surface area contributed by atoms with E-state index >= 15 is 0 Å². The van der Waals surface area contributed by atoms with Crippen LogP contribution in [-0.4, -0.2) is 11.7 Å². The first-order valence-corrected chi connectivity index (χ1v) is 7.02. The van der Waals surface area contributed by atoms with Crippen molar-refractivity contribution >= 4 is 10.9 Å². The molecule has 0 unspecified atom stereocenters. The van der Waals surface area contributed by atoms with Crippen LogP contribution in [0, 0.1) is 0 Å². The molecule has 2 nitrogen and oxygen atoms in total. The van der Waals surface area contributed by atoms with Crippen molar-refractivity contribution in [3.8, 4) is 5.75 Å². The van der Waals surface area contributed by atoms with Gasteiger partial charge >= 0.3 is 0 Å². The Morgan fingerprint density at radius 3 is 2.55 bits per heavy atom. The van der Waals surface area contributed by atoms with Crippen LogP contribution in [0.4, 0.5) is 0 Å². The highest BCUT2D eigenvalue weighted by Crippen LogP contribution is 2.24. The largest absolute Gasteiger partial charge is 0.496 e. The molecule has 0 aliphatic carbocycles. The first kappa shape index (κ1) is 12.8. The second kappa shape index (κ2) is 5.41. The lowest BCUT2D eigenvalue weighted by molar-refractivity contribution is 0.408. The number of benzene rings is 2. The predicted molar refractivity (Wildman–Crippen MR) is 83.4 cm³/mol. The maximum absolute atomic E-state index is 5.45. The summed E-state index contributed by atoms with van der Waals surface area (Å²) >= 11 is 0. The average molecular weight is 265 g/mol. The summed E-state index contributed by atoms with van der Waals surface area (Å²) in [6, 6.07) is 16.9. The lowest BCUT2D eigenvalue weighted by Crippen LogP contribution is -2.01. The van der Waals surface area contributed by atoms with Crippen LogP contribution >= 0.6 is 0 Å². The van der Waals surface area contributed by atoms with Crippen LogP contribution in [0.3, 0.4) is 0 Å². The Labute approximate surface area is 119 Å². The normalized spacial score (nSPS) is 10.9. The summed E-state index contributed by atoms with van der Waals surface area (Å²) in [6.45, 7) is 3.04. The number of aryl methyl sites for hydroxylation is 1. The topological polar surface area (TPSA) is 14.2 Å². The van der Waals surface area contributed by atoms with Gasteiger partial charge in [-0.25, -0.2) is 0 Å². The Morgan fingerprint density at radius 2 is 1.75 bits per heavy atom. The predicted octanol–water partition coefficient (Wildman–Crippen LogP) is 4.26. The van der Waals surface area contributed by atoms with E-state index in [1.807, 2.05) is 12.1 Å². The monoisotopic (exact) mass is 265 g/mol. The standard InChI is InChI=1S/C18H19NO/c1-3-14-8-6-9-15-11-12-19(18(14)15)13-16-7-4-5-10-17(16)20-2/h4-12H,3,13H2,1-2H3. The van der Waals surface area contributed by atoms with E-state index in [9.17, 15) is 0 Å². The molecule has 0 N–H and O–H groups in total. The van der Waals surface area contributed by atoms with Crippen molar-refractivity contribution in [3.63, 3.8) is 0 Å². The minimum atomic E-state index is 0.838. The third-order valence-corrected chi connectivity index (χ3v) is 3.79. The highest BCUT2D eigenvalue weighted by Gasteiger charge is 2.08. The quantitative estimate of drug-likeness (QED) is 0.687. The smallest absolute Gasteiger partial charge is 0.123 e. The molecule has 3 rings (SSSR count). The molecule has 0 radical (unpaired) electrons. The second-order valence-corrected chi connectivity index (χ2v) is 4.96. The summed E-state index contributed by atoms with van der Waals surface area (Å²) in [5.74, 6) is 0.948. The number of fused-ring (bicyclic) bond motifs is 1. The summed E-state index contributed by atoms with van der Waals surface area (Å²) in [7, 11) is 1.73. The fourth-order valence-electron chi connectivity index (χ4n) is 2.77. The number of hydrogen-bond donors (Lipinski definition) is 0. The molecule has 0 saturated heterocycles. The molecule has 0 saturated carbocycles. The molecule has 0 atom stereocenters. The van der Waals surface area contributed by atoms with E-state index in [0.29, 0.717) is 0 Å². The van der Waals surface area contributed by atoms with Gasteiger partial charge in [-0.05, 0) is 29.5 Å². The Balaban J connectivity index is 2.07. The number of ether oxygens (including phenoxy) is 1. The van der Waals surface area contributed by atoms with Crippen LogP contribution in [0.5, 0.6) is 5.75 Å². The SMILES string of the molecule is CCc1cccc2ccn(Cc3ccccc3OC)c12. The van der Waals surface area contributed by atoms with E-state index in [-0.39, 0.29) is 0 Å². The van der Waals surface area contributed by atoms with E-state index in [2.05, 4.69) is 54.1 Å². The van der Waals surface area contributed by atoms with Crippen LogP contribution in [-0.2, 0) is 13.0 Å². The van der Waals surface area contributed by atoms with Gasteiger partial charge in [-0.3, -0.25) is 0 Å². The number of hydrogen-bond acceptors (Lipinski definition) is 1. The van der Waals surface area contributed by atoms with Crippen LogP contribution in [0.15, 0.2) is 54.7 Å². The van der Waals surface area contributed by atoms with Crippen LogP contribution in [0.1, 0.15) is 18.1 Å². The van der Waals surface area contributed by atoms with E-state index < -0.39 is 0 Å². The lowest BCUT2D eigenvalue weighted by Gasteiger charge is -2.12. The summed E-state index contributed by atoms with van der Waals surface area (Å²) in [5.41, 5.74) is 3.93. The lowest BCUT2D eigenvalue weighted by atomic mass is 10.1. The number of rotatable bonds is 4. The maximum atomic E-state index is 5.45. The van der Waals surface area contributed by atoms with Crippen LogP contribution < -0.4 is 4.74 Å². The van der Waals surface area contributed by atoms with Gasteiger partial charge in [-0.15, -0.1) is 0 Å². The first-order valence-electron chi connectivity index (χ1n) is 7.02. The van der Waals surface area contributed by atoms with Crippen molar-refractivity contribution in [2.75, 3.05) is 7.11 Å². The van der Waals surface area contributed by atoms with E-state index in [4.69, 9.17) is 4.74 Å². The molecule has 0 fully saturated rings. The minimum Gasteiger partial charge on any atom is -0.496 e. The molecule has 0 amide bonds. The maximum Gasteiger partial charge on any atom is 0.123 e. The summed E-state index contributed by atoms with van der Waals surface area (Å²) < 4.78 is 7.76. The van der Waals surface area contributed by atoms with Crippen molar-refractivity contribution in [3.05, 3.63) is 65.9 Å². The molecule has 2 heteroatoms. The zero-order chi connectivity index (χ0) is 13.9. The Morgan fingerprint density at radius 1 is 0.950 bits per heavy atom. The van der Waals surface area contributed by atoms with Gasteiger partial charge in [0, 0.05) is 11.8 Å². The Bertz CT molecular complexity index is 727. The highest BCUT2D eigenvalue weighted by atomic mass is 16.5. The summed E-state index contributed by atoms with van der Waals surface area (Å²) in [6.07, 6.45) is 3.21. The molecule has 0 aliphatic heterocycles. The van der Waals surface area contributed by atoms with Crippen LogP contribution in [0.25, 0.3) is 10.9 Å². The Kier molecular flexibility index (Phi) is 3.46. The fraction of sp³-hybridized carbons (Fsp3) is 0.222. The van der Waals surface area contributed by atoms with Crippen molar-refractivity contribution in [1.82, 2.24) is 4.57 Å². The second-order valence-electron chi connectivity index (χ2n) is 4.96. The van der Waals surface area contributed by atoms with Gasteiger partial charge in [-0.1, -0.05) is 43.3 Å². The van der Waals surface area contributed by atoms with Crippen LogP contribution in [0.2, 0.25) is 0 Å². The van der Waals surface area contributed by atoms with E-state index in [1.54, 1.807) is 7.11 Å². The average Bonchev–Trinajstić information content (AvgIpc) is 2.91. The number of nitrogens with zero attached hydrogens (tertiary/aromatic N) is 1. The Hall–Kier alpha value is -2.22. The summed E-state index contributed by atoms with van der Waals surface area (Å²) in [4.78, 5) is 0. The third kappa shape index (κ3) is 2.18. The molecule has 1 aromatic heterocycles. The molecular weight excluding hydrogens is 246 g/mol. The van der Waals surface area contributed by atoms with Gasteiger partial charge in [0.15, 0.2) is 0 Å². The molecule has 3 aromatic rings. The third-order valence-electron chi connectivity index (χ3n) is 3.79. The minimum absolute atomic E-state index is 0.838. The first-order chi connectivity index (χ1) is 9.83. The van der Waals surface area contributed by atoms with Gasteiger partial charge in [0.2, 0.25) is 0 Å². The van der Waals surface area contributed by atoms with Gasteiger partial charge in [0.25, 0.3) is 0 Å². The molecule has 102 valence electrons. The van der Waals surface area contributed by atoms with Crippen molar-refractivity contribution in [2.45, 2.75) is 19.9 Å².